The second kappa shape index (κ2) is 5.32. The standard InChI is InChI=1S/C13H12BrFN2O3/c1-6(2)10-11(18)16-13(20)17(12(10)19)7-3-4-8(14)9(15)5-7/h3-6,10H,1-2H3,(H,16,18,20). The molecule has 0 bridgehead atoms. The maximum atomic E-state index is 13.5. The molecule has 1 heterocycles. The quantitative estimate of drug-likeness (QED) is 0.839. The summed E-state index contributed by atoms with van der Waals surface area (Å²) in [6.07, 6.45) is 0. The van der Waals surface area contributed by atoms with Gasteiger partial charge in [-0.1, -0.05) is 13.8 Å². The Kier molecular flexibility index (Phi) is 3.89. The Bertz CT molecular complexity index is 603. The van der Waals surface area contributed by atoms with Crippen LogP contribution in [-0.2, 0) is 9.59 Å². The molecule has 20 heavy (non-hydrogen) atoms. The summed E-state index contributed by atoms with van der Waals surface area (Å²) >= 11 is 3.00. The third kappa shape index (κ3) is 2.45. The van der Waals surface area contributed by atoms with Gasteiger partial charge in [-0.2, -0.15) is 0 Å². The van der Waals surface area contributed by atoms with Gasteiger partial charge in [-0.05, 0) is 40.0 Å². The SMILES string of the molecule is CC(C)C1C(=O)NC(=O)N(c2ccc(Br)c(F)c2)C1=O. The number of barbiturate groups is 1. The van der Waals surface area contributed by atoms with E-state index in [2.05, 4.69) is 21.2 Å². The monoisotopic (exact) mass is 342 g/mol. The molecule has 106 valence electrons. The first-order valence-electron chi connectivity index (χ1n) is 5.96. The first-order valence-corrected chi connectivity index (χ1v) is 6.76. The van der Waals surface area contributed by atoms with Crippen molar-refractivity contribution in [1.29, 1.82) is 0 Å². The molecule has 1 fully saturated rings. The Labute approximate surface area is 123 Å². The second-order valence-electron chi connectivity index (χ2n) is 4.79. The Morgan fingerprint density at radius 1 is 1.30 bits per heavy atom. The van der Waals surface area contributed by atoms with Gasteiger partial charge in [0.05, 0.1) is 10.2 Å². The van der Waals surface area contributed by atoms with E-state index >= 15 is 0 Å². The molecule has 1 saturated heterocycles. The fourth-order valence-corrected chi connectivity index (χ4v) is 2.29. The number of halogens is 2. The third-order valence-corrected chi connectivity index (χ3v) is 3.67. The first-order chi connectivity index (χ1) is 9.32. The summed E-state index contributed by atoms with van der Waals surface area (Å²) in [5.74, 6) is -3.08. The molecule has 7 heteroatoms. The van der Waals surface area contributed by atoms with E-state index in [0.29, 0.717) is 0 Å². The summed E-state index contributed by atoms with van der Waals surface area (Å²) in [4.78, 5) is 36.6. The molecule has 1 unspecified atom stereocenters. The molecular weight excluding hydrogens is 331 g/mol. The topological polar surface area (TPSA) is 66.5 Å². The smallest absolute Gasteiger partial charge is 0.277 e. The van der Waals surface area contributed by atoms with Crippen LogP contribution in [0.1, 0.15) is 13.8 Å². The summed E-state index contributed by atoms with van der Waals surface area (Å²) in [5.41, 5.74) is 0.0892. The van der Waals surface area contributed by atoms with Crippen molar-refractivity contribution in [2.75, 3.05) is 4.90 Å². The minimum atomic E-state index is -0.959. The van der Waals surface area contributed by atoms with Gasteiger partial charge < -0.3 is 0 Å². The van der Waals surface area contributed by atoms with Crippen LogP contribution in [-0.4, -0.2) is 17.8 Å². The van der Waals surface area contributed by atoms with Gasteiger partial charge in [-0.3, -0.25) is 14.9 Å². The Morgan fingerprint density at radius 3 is 2.50 bits per heavy atom. The van der Waals surface area contributed by atoms with Gasteiger partial charge in [0.2, 0.25) is 11.8 Å². The number of benzene rings is 1. The van der Waals surface area contributed by atoms with Crippen molar-refractivity contribution in [1.82, 2.24) is 5.32 Å². The average molecular weight is 343 g/mol. The lowest BCUT2D eigenvalue weighted by molar-refractivity contribution is -0.136. The number of carbonyl (C=O) groups is 3. The summed E-state index contributed by atoms with van der Waals surface area (Å²) in [5, 5.41) is 2.12. The predicted molar refractivity (Wildman–Crippen MR) is 73.5 cm³/mol. The highest BCUT2D eigenvalue weighted by molar-refractivity contribution is 9.10. The van der Waals surface area contributed by atoms with E-state index in [9.17, 15) is 18.8 Å². The van der Waals surface area contributed by atoms with Crippen molar-refractivity contribution < 1.29 is 18.8 Å². The zero-order valence-electron chi connectivity index (χ0n) is 10.8. The molecule has 0 aliphatic carbocycles. The van der Waals surface area contributed by atoms with Crippen LogP contribution in [0.3, 0.4) is 0 Å². The zero-order valence-corrected chi connectivity index (χ0v) is 12.4. The highest BCUT2D eigenvalue weighted by Crippen LogP contribution is 2.27. The predicted octanol–water partition coefficient (Wildman–Crippen LogP) is 2.44. The first kappa shape index (κ1) is 14.6. The van der Waals surface area contributed by atoms with Crippen LogP contribution < -0.4 is 10.2 Å². The lowest BCUT2D eigenvalue weighted by Gasteiger charge is -2.31. The Morgan fingerprint density at radius 2 is 1.95 bits per heavy atom. The highest BCUT2D eigenvalue weighted by atomic mass is 79.9. The number of nitrogens with zero attached hydrogens (tertiary/aromatic N) is 1. The maximum absolute atomic E-state index is 13.5. The summed E-state index contributed by atoms with van der Waals surface area (Å²) in [6, 6.07) is 3.03. The third-order valence-electron chi connectivity index (χ3n) is 3.03. The average Bonchev–Trinajstić information content (AvgIpc) is 2.32. The van der Waals surface area contributed by atoms with Crippen molar-refractivity contribution in [2.45, 2.75) is 13.8 Å². The van der Waals surface area contributed by atoms with Gasteiger partial charge in [0.1, 0.15) is 11.7 Å². The van der Waals surface area contributed by atoms with Crippen molar-refractivity contribution in [3.8, 4) is 0 Å². The number of hydrogen-bond donors (Lipinski definition) is 1. The van der Waals surface area contributed by atoms with Crippen molar-refractivity contribution in [3.05, 3.63) is 28.5 Å². The van der Waals surface area contributed by atoms with E-state index in [1.54, 1.807) is 13.8 Å². The van der Waals surface area contributed by atoms with E-state index in [4.69, 9.17) is 0 Å². The largest absolute Gasteiger partial charge is 0.335 e. The van der Waals surface area contributed by atoms with Crippen LogP contribution in [0.4, 0.5) is 14.9 Å². The van der Waals surface area contributed by atoms with Crippen LogP contribution in [0.15, 0.2) is 22.7 Å². The van der Waals surface area contributed by atoms with Crippen molar-refractivity contribution in [3.63, 3.8) is 0 Å². The number of hydrogen-bond acceptors (Lipinski definition) is 3. The lowest BCUT2D eigenvalue weighted by Crippen LogP contribution is -2.59. The number of rotatable bonds is 2. The molecule has 1 aromatic carbocycles. The summed E-state index contributed by atoms with van der Waals surface area (Å²) in [6.45, 7) is 3.41. The molecule has 0 radical (unpaired) electrons. The van der Waals surface area contributed by atoms with E-state index in [1.807, 2.05) is 0 Å². The lowest BCUT2D eigenvalue weighted by atomic mass is 9.92. The molecule has 5 nitrogen and oxygen atoms in total. The van der Waals surface area contributed by atoms with Crippen molar-refractivity contribution >= 4 is 39.5 Å². The minimum Gasteiger partial charge on any atom is -0.277 e. The van der Waals surface area contributed by atoms with Crippen molar-refractivity contribution in [2.24, 2.45) is 11.8 Å². The molecule has 0 saturated carbocycles. The van der Waals surface area contributed by atoms with Crippen LogP contribution in [0.25, 0.3) is 0 Å². The number of nitrogens with one attached hydrogen (secondary N) is 1. The molecule has 0 spiro atoms. The summed E-state index contributed by atoms with van der Waals surface area (Å²) < 4.78 is 13.8. The molecule has 1 aliphatic heterocycles. The van der Waals surface area contributed by atoms with Crippen LogP contribution in [0.5, 0.6) is 0 Å². The highest BCUT2D eigenvalue weighted by Gasteiger charge is 2.42. The number of imide groups is 2. The molecule has 1 aromatic rings. The number of amides is 4. The zero-order chi connectivity index (χ0) is 15.0. The van der Waals surface area contributed by atoms with Crippen LogP contribution >= 0.6 is 15.9 Å². The molecule has 2 rings (SSSR count). The molecule has 0 aromatic heterocycles. The van der Waals surface area contributed by atoms with E-state index in [1.165, 1.54) is 12.1 Å². The molecule has 1 N–H and O–H groups in total. The van der Waals surface area contributed by atoms with Gasteiger partial charge in [0.15, 0.2) is 0 Å². The number of carbonyl (C=O) groups excluding carboxylic acids is 3. The fourth-order valence-electron chi connectivity index (χ4n) is 2.05. The Balaban J connectivity index is 2.43. The minimum absolute atomic E-state index is 0.0892. The van der Waals surface area contributed by atoms with E-state index < -0.39 is 29.6 Å². The number of anilines is 1. The normalized spacial score (nSPS) is 19.6. The van der Waals surface area contributed by atoms with Gasteiger partial charge in [0, 0.05) is 0 Å². The van der Waals surface area contributed by atoms with Gasteiger partial charge in [-0.15, -0.1) is 0 Å². The molecule has 4 amide bonds. The Hall–Kier alpha value is -1.76. The fraction of sp³-hybridized carbons (Fsp3) is 0.308. The number of urea groups is 1. The van der Waals surface area contributed by atoms with Crippen LogP contribution in [0, 0.1) is 17.7 Å². The van der Waals surface area contributed by atoms with E-state index in [0.717, 1.165) is 11.0 Å². The molecule has 1 atom stereocenters. The van der Waals surface area contributed by atoms with Gasteiger partial charge in [-0.25, -0.2) is 14.1 Å². The van der Waals surface area contributed by atoms with E-state index in [-0.39, 0.29) is 16.1 Å². The summed E-state index contributed by atoms with van der Waals surface area (Å²) in [7, 11) is 0. The van der Waals surface area contributed by atoms with Gasteiger partial charge >= 0.3 is 6.03 Å². The van der Waals surface area contributed by atoms with Gasteiger partial charge in [0.25, 0.3) is 0 Å². The molecule has 1 aliphatic rings. The maximum Gasteiger partial charge on any atom is 0.335 e. The van der Waals surface area contributed by atoms with Crippen LogP contribution in [0.2, 0.25) is 0 Å². The molecular formula is C13H12BrFN2O3. The second-order valence-corrected chi connectivity index (χ2v) is 5.64.